The number of carbonyl (C=O) groups excluding carboxylic acids is 1. The molecule has 2 aliphatic rings. The first-order valence-electron chi connectivity index (χ1n) is 10.1. The highest BCUT2D eigenvalue weighted by molar-refractivity contribution is 8.00. The van der Waals surface area contributed by atoms with Crippen molar-refractivity contribution in [1.82, 2.24) is 14.8 Å². The van der Waals surface area contributed by atoms with Crippen molar-refractivity contribution in [2.75, 3.05) is 29.7 Å². The highest BCUT2D eigenvalue weighted by Gasteiger charge is 2.34. The Morgan fingerprint density at radius 3 is 2.68 bits per heavy atom. The van der Waals surface area contributed by atoms with Crippen molar-refractivity contribution >= 4 is 46.2 Å². The van der Waals surface area contributed by atoms with Crippen LogP contribution in [0.15, 0.2) is 33.9 Å². The Bertz CT molecular complexity index is 1270. The number of rotatable bonds is 3. The van der Waals surface area contributed by atoms with Gasteiger partial charge in [0, 0.05) is 16.5 Å². The van der Waals surface area contributed by atoms with Crippen LogP contribution < -0.4 is 21.2 Å². The minimum absolute atomic E-state index is 0.126. The van der Waals surface area contributed by atoms with Gasteiger partial charge in [-0.1, -0.05) is 0 Å². The molecule has 0 bridgehead atoms. The number of aromatic amines is 2. The van der Waals surface area contributed by atoms with Crippen LogP contribution in [-0.4, -0.2) is 45.0 Å². The summed E-state index contributed by atoms with van der Waals surface area (Å²) in [5.41, 5.74) is 1.04. The maximum absolute atomic E-state index is 13.1. The second-order valence-electron chi connectivity index (χ2n) is 7.66. The summed E-state index contributed by atoms with van der Waals surface area (Å²) in [6, 6.07) is 7.34. The number of pyridine rings is 1. The number of benzene rings is 1. The van der Waals surface area contributed by atoms with Crippen molar-refractivity contribution in [2.24, 2.45) is 0 Å². The van der Waals surface area contributed by atoms with Crippen molar-refractivity contribution in [2.45, 2.75) is 24.1 Å². The normalized spacial score (nSPS) is 19.6. The van der Waals surface area contributed by atoms with Crippen molar-refractivity contribution < 1.29 is 9.53 Å². The molecule has 0 spiro atoms. The number of thioether (sulfide) groups is 2. The zero-order chi connectivity index (χ0) is 21.5. The number of hydrogen-bond acceptors (Lipinski definition) is 6. The van der Waals surface area contributed by atoms with Gasteiger partial charge in [0.1, 0.15) is 11.6 Å². The molecule has 0 aliphatic carbocycles. The Morgan fingerprint density at radius 1 is 1.10 bits per heavy atom. The van der Waals surface area contributed by atoms with Crippen molar-refractivity contribution in [3.05, 3.63) is 56.1 Å². The van der Waals surface area contributed by atoms with Gasteiger partial charge in [0.05, 0.1) is 29.7 Å². The number of amides is 1. The lowest BCUT2D eigenvalue weighted by Crippen LogP contribution is -2.22. The summed E-state index contributed by atoms with van der Waals surface area (Å²) in [6.45, 7) is 0. The van der Waals surface area contributed by atoms with Gasteiger partial charge >= 0.3 is 0 Å². The first-order valence-corrected chi connectivity index (χ1v) is 12.3. The molecule has 1 saturated heterocycles. The zero-order valence-corrected chi connectivity index (χ0v) is 18.5. The number of aromatic nitrogens is 3. The molecular weight excluding hydrogens is 436 g/mol. The van der Waals surface area contributed by atoms with Gasteiger partial charge in [-0.3, -0.25) is 24.2 Å². The molecule has 8 nitrogen and oxygen atoms in total. The van der Waals surface area contributed by atoms with Gasteiger partial charge in [-0.2, -0.15) is 11.8 Å². The fraction of sp³-hybridized carbons (Fsp3) is 0.381. The standard InChI is InChI=1S/C21H22N4O4S2/c1-29-13-2-3-15-11(8-13)9-14(20(27)22-15)18-17-19(23-16(26)10-31-18)25(24-21(17)28)12-4-6-30-7-5-12/h2-3,8-9,12,18H,4-7,10H2,1H3,(H,22,27)(H,23,26)(H,24,28)/t18-/m1/s1. The van der Waals surface area contributed by atoms with Crippen LogP contribution in [0.25, 0.3) is 10.9 Å². The minimum atomic E-state index is -0.559. The van der Waals surface area contributed by atoms with Crippen LogP contribution in [-0.2, 0) is 4.79 Å². The largest absolute Gasteiger partial charge is 0.497 e. The summed E-state index contributed by atoms with van der Waals surface area (Å²) in [7, 11) is 1.59. The highest BCUT2D eigenvalue weighted by Crippen LogP contribution is 2.41. The number of fused-ring (bicyclic) bond motifs is 2. The van der Waals surface area contributed by atoms with Crippen LogP contribution in [0.5, 0.6) is 5.75 Å². The van der Waals surface area contributed by atoms with Gasteiger partial charge in [-0.05, 0) is 48.6 Å². The first kappa shape index (κ1) is 20.3. The summed E-state index contributed by atoms with van der Waals surface area (Å²) in [4.78, 5) is 41.4. The van der Waals surface area contributed by atoms with E-state index in [1.807, 2.05) is 22.5 Å². The molecule has 4 heterocycles. The quantitative estimate of drug-likeness (QED) is 0.557. The third-order valence-electron chi connectivity index (χ3n) is 5.78. The Labute approximate surface area is 186 Å². The van der Waals surface area contributed by atoms with Crippen molar-refractivity contribution in [3.8, 4) is 5.75 Å². The Morgan fingerprint density at radius 2 is 1.90 bits per heavy atom. The summed E-state index contributed by atoms with van der Waals surface area (Å²) in [6.07, 6.45) is 1.84. The SMILES string of the molecule is COc1ccc2[nH]c(=O)c([C@H]3SCC(=O)Nc4c3c(=O)[nH]n4C3CCSCC3)cc2c1. The molecule has 3 aromatic rings. The summed E-state index contributed by atoms with van der Waals surface area (Å²) in [5.74, 6) is 3.18. The fourth-order valence-corrected chi connectivity index (χ4v) is 6.44. The average molecular weight is 459 g/mol. The second kappa shape index (κ2) is 8.16. The molecule has 0 saturated carbocycles. The molecular formula is C21H22N4O4S2. The molecule has 0 unspecified atom stereocenters. The number of nitrogens with one attached hydrogen (secondary N) is 3. The molecule has 5 rings (SSSR count). The third-order valence-corrected chi connectivity index (χ3v) is 8.08. The molecule has 1 amide bonds. The highest BCUT2D eigenvalue weighted by atomic mass is 32.2. The molecule has 31 heavy (non-hydrogen) atoms. The number of carbonyl (C=O) groups is 1. The Hall–Kier alpha value is -2.59. The molecule has 1 fully saturated rings. The molecule has 2 aliphatic heterocycles. The van der Waals surface area contributed by atoms with Crippen LogP contribution in [0.2, 0.25) is 0 Å². The number of H-pyrrole nitrogens is 2. The third kappa shape index (κ3) is 3.67. The van der Waals surface area contributed by atoms with E-state index >= 15 is 0 Å². The first-order chi connectivity index (χ1) is 15.0. The molecule has 162 valence electrons. The minimum Gasteiger partial charge on any atom is -0.497 e. The maximum atomic E-state index is 13.1. The number of methoxy groups -OCH3 is 1. The molecule has 0 radical (unpaired) electrons. The van der Waals surface area contributed by atoms with Gasteiger partial charge in [0.2, 0.25) is 5.91 Å². The maximum Gasteiger partial charge on any atom is 0.270 e. The van der Waals surface area contributed by atoms with Gasteiger partial charge in [0.25, 0.3) is 11.1 Å². The molecule has 1 aromatic carbocycles. The van der Waals surface area contributed by atoms with Crippen LogP contribution in [0.3, 0.4) is 0 Å². The van der Waals surface area contributed by atoms with E-state index in [4.69, 9.17) is 4.74 Å². The Balaban J connectivity index is 1.67. The zero-order valence-electron chi connectivity index (χ0n) is 16.9. The van der Waals surface area contributed by atoms with Gasteiger partial charge in [0.15, 0.2) is 0 Å². The van der Waals surface area contributed by atoms with E-state index in [2.05, 4.69) is 15.4 Å². The van der Waals surface area contributed by atoms with Crippen LogP contribution >= 0.6 is 23.5 Å². The van der Waals surface area contributed by atoms with E-state index in [1.165, 1.54) is 11.8 Å². The molecule has 1 atom stereocenters. The lowest BCUT2D eigenvalue weighted by molar-refractivity contribution is -0.113. The molecule has 2 aromatic heterocycles. The van der Waals surface area contributed by atoms with E-state index in [1.54, 1.807) is 25.3 Å². The van der Waals surface area contributed by atoms with Gasteiger partial charge in [-0.15, -0.1) is 11.8 Å². The molecule has 3 N–H and O–H groups in total. The summed E-state index contributed by atoms with van der Waals surface area (Å²) < 4.78 is 7.12. The van der Waals surface area contributed by atoms with E-state index in [0.717, 1.165) is 29.7 Å². The van der Waals surface area contributed by atoms with Crippen molar-refractivity contribution in [1.29, 1.82) is 0 Å². The van der Waals surface area contributed by atoms with Crippen LogP contribution in [0.1, 0.15) is 35.3 Å². The van der Waals surface area contributed by atoms with E-state index < -0.39 is 5.25 Å². The summed E-state index contributed by atoms with van der Waals surface area (Å²) in [5, 5.41) is 6.10. The predicted octanol–water partition coefficient (Wildman–Crippen LogP) is 2.87. The molecule has 10 heteroatoms. The second-order valence-corrected chi connectivity index (χ2v) is 9.98. The fourth-order valence-electron chi connectivity index (χ4n) is 4.23. The Kier molecular flexibility index (Phi) is 5.35. The number of ether oxygens (including phenoxy) is 1. The predicted molar refractivity (Wildman–Crippen MR) is 125 cm³/mol. The number of nitrogens with zero attached hydrogens (tertiary/aromatic N) is 1. The van der Waals surface area contributed by atoms with Crippen molar-refractivity contribution in [3.63, 3.8) is 0 Å². The monoisotopic (exact) mass is 458 g/mol. The van der Waals surface area contributed by atoms with E-state index in [9.17, 15) is 14.4 Å². The van der Waals surface area contributed by atoms with E-state index in [0.29, 0.717) is 28.2 Å². The number of anilines is 1. The topological polar surface area (TPSA) is 109 Å². The van der Waals surface area contributed by atoms with Crippen LogP contribution in [0.4, 0.5) is 5.82 Å². The lowest BCUT2D eigenvalue weighted by Gasteiger charge is -2.24. The van der Waals surface area contributed by atoms with Gasteiger partial charge < -0.3 is 15.0 Å². The average Bonchev–Trinajstić information content (AvgIpc) is 2.99. The van der Waals surface area contributed by atoms with Crippen LogP contribution in [0, 0.1) is 0 Å². The number of hydrogen-bond donors (Lipinski definition) is 3. The smallest absolute Gasteiger partial charge is 0.270 e. The van der Waals surface area contributed by atoms with Gasteiger partial charge in [-0.25, -0.2) is 0 Å². The van der Waals surface area contributed by atoms with E-state index in [-0.39, 0.29) is 28.8 Å². The lowest BCUT2D eigenvalue weighted by atomic mass is 10.0. The summed E-state index contributed by atoms with van der Waals surface area (Å²) >= 11 is 3.19.